The lowest BCUT2D eigenvalue weighted by Gasteiger charge is -2.43. The van der Waals surface area contributed by atoms with E-state index in [1.54, 1.807) is 23.9 Å². The Kier molecular flexibility index (Phi) is 6.62. The van der Waals surface area contributed by atoms with E-state index in [0.29, 0.717) is 11.6 Å². The summed E-state index contributed by atoms with van der Waals surface area (Å²) in [4.78, 5) is 2.38. The molecule has 1 aromatic rings. The maximum absolute atomic E-state index is 13.2. The van der Waals surface area contributed by atoms with Crippen LogP contribution in [-0.4, -0.2) is 47.8 Å². The molecule has 1 atom stereocenters. The third kappa shape index (κ3) is 4.67. The van der Waals surface area contributed by atoms with Crippen LogP contribution in [0.1, 0.15) is 30.9 Å². The third-order valence-electron chi connectivity index (χ3n) is 5.11. The molecule has 1 heterocycles. The molecule has 136 valence electrons. The molecule has 0 amide bonds. The van der Waals surface area contributed by atoms with Gasteiger partial charge in [0.05, 0.1) is 5.56 Å². The molecule has 0 aliphatic carbocycles. The first kappa shape index (κ1) is 19.6. The normalized spacial score (nSPS) is 20.1. The number of aliphatic hydroxyl groups excluding tert-OH is 1. The van der Waals surface area contributed by atoms with E-state index < -0.39 is 17.2 Å². The second-order valence-electron chi connectivity index (χ2n) is 6.83. The third-order valence-corrected chi connectivity index (χ3v) is 5.93. The molecule has 0 aromatic heterocycles. The van der Waals surface area contributed by atoms with Crippen LogP contribution >= 0.6 is 11.8 Å². The number of likely N-dealkylation sites (tertiary alicyclic amines) is 1. The Hall–Kier alpha value is -0.720. The number of rotatable bonds is 6. The number of aliphatic hydroxyl groups is 1. The van der Waals surface area contributed by atoms with Gasteiger partial charge in [0, 0.05) is 18.4 Å². The fourth-order valence-electron chi connectivity index (χ4n) is 3.53. The van der Waals surface area contributed by atoms with Crippen LogP contribution in [0.2, 0.25) is 0 Å². The minimum absolute atomic E-state index is 0.0655. The van der Waals surface area contributed by atoms with Crippen LogP contribution in [0.5, 0.6) is 0 Å². The molecule has 0 saturated carbocycles. The molecular weight excluding hydrogens is 335 g/mol. The summed E-state index contributed by atoms with van der Waals surface area (Å²) in [6.07, 6.45) is -0.528. The summed E-state index contributed by atoms with van der Waals surface area (Å²) in [7, 11) is 0. The number of alkyl halides is 3. The highest BCUT2D eigenvalue weighted by Crippen LogP contribution is 2.39. The van der Waals surface area contributed by atoms with Gasteiger partial charge in [0.15, 0.2) is 0 Å². The number of thioether (sulfide) groups is 1. The molecule has 0 unspecified atom stereocenters. The fourth-order valence-corrected chi connectivity index (χ4v) is 4.22. The zero-order valence-corrected chi connectivity index (χ0v) is 15.1. The minimum atomic E-state index is -4.35. The van der Waals surface area contributed by atoms with Crippen LogP contribution in [-0.2, 0) is 12.6 Å². The van der Waals surface area contributed by atoms with E-state index in [-0.39, 0.29) is 13.0 Å². The van der Waals surface area contributed by atoms with Crippen molar-refractivity contribution in [1.82, 2.24) is 4.90 Å². The molecule has 1 aliphatic heterocycles. The van der Waals surface area contributed by atoms with Crippen molar-refractivity contribution in [3.8, 4) is 0 Å². The molecule has 6 heteroatoms. The van der Waals surface area contributed by atoms with Crippen LogP contribution in [0.15, 0.2) is 24.3 Å². The summed E-state index contributed by atoms with van der Waals surface area (Å²) in [5, 5.41) is 9.92. The standard InChI is InChI=1S/C18H26F3NOS/c1-14(12-24-2)22-9-7-17(13-23,8-10-22)11-15-5-3-4-6-16(15)18(19,20)21/h3-6,14,23H,7-13H2,1-2H3/t14-/m1/s1. The van der Waals surface area contributed by atoms with Gasteiger partial charge in [0.2, 0.25) is 0 Å². The van der Waals surface area contributed by atoms with Crippen molar-refractivity contribution in [2.24, 2.45) is 5.41 Å². The average molecular weight is 361 g/mol. The average Bonchev–Trinajstić information content (AvgIpc) is 2.55. The van der Waals surface area contributed by atoms with Gasteiger partial charge in [-0.2, -0.15) is 24.9 Å². The summed E-state index contributed by atoms with van der Waals surface area (Å²) in [6, 6.07) is 6.20. The van der Waals surface area contributed by atoms with E-state index >= 15 is 0 Å². The van der Waals surface area contributed by atoms with Gasteiger partial charge < -0.3 is 5.11 Å². The number of halogens is 3. The first-order valence-electron chi connectivity index (χ1n) is 8.30. The zero-order valence-electron chi connectivity index (χ0n) is 14.3. The Morgan fingerprint density at radius 2 is 1.88 bits per heavy atom. The Labute approximate surface area is 146 Å². The van der Waals surface area contributed by atoms with Crippen molar-refractivity contribution in [2.45, 2.75) is 38.4 Å². The first-order valence-corrected chi connectivity index (χ1v) is 9.70. The SMILES string of the molecule is CSC[C@@H](C)N1CCC(CO)(Cc2ccccc2C(F)(F)F)CC1. The summed E-state index contributed by atoms with van der Waals surface area (Å²) < 4.78 is 39.6. The maximum atomic E-state index is 13.2. The van der Waals surface area contributed by atoms with E-state index in [1.807, 2.05) is 0 Å². The lowest BCUT2D eigenvalue weighted by Crippen LogP contribution is -2.47. The van der Waals surface area contributed by atoms with E-state index in [0.717, 1.165) is 37.8 Å². The van der Waals surface area contributed by atoms with Crippen molar-refractivity contribution >= 4 is 11.8 Å². The van der Waals surface area contributed by atoms with Crippen LogP contribution in [0.4, 0.5) is 13.2 Å². The Morgan fingerprint density at radius 1 is 1.25 bits per heavy atom. The molecule has 0 spiro atoms. The second-order valence-corrected chi connectivity index (χ2v) is 7.74. The zero-order chi connectivity index (χ0) is 17.8. The maximum Gasteiger partial charge on any atom is 0.416 e. The van der Waals surface area contributed by atoms with Crippen LogP contribution in [0.25, 0.3) is 0 Å². The van der Waals surface area contributed by atoms with Crippen molar-refractivity contribution in [2.75, 3.05) is 31.7 Å². The molecule has 0 bridgehead atoms. The molecule has 1 aromatic carbocycles. The highest BCUT2D eigenvalue weighted by Gasteiger charge is 2.39. The van der Waals surface area contributed by atoms with Gasteiger partial charge in [-0.15, -0.1) is 0 Å². The number of hydrogen-bond acceptors (Lipinski definition) is 3. The second kappa shape index (κ2) is 8.11. The predicted octanol–water partition coefficient (Wildman–Crippen LogP) is 4.07. The molecule has 2 nitrogen and oxygen atoms in total. The highest BCUT2D eigenvalue weighted by atomic mass is 32.2. The molecule has 24 heavy (non-hydrogen) atoms. The lowest BCUT2D eigenvalue weighted by atomic mass is 9.73. The van der Waals surface area contributed by atoms with Gasteiger partial charge >= 0.3 is 6.18 Å². The fraction of sp³-hybridized carbons (Fsp3) is 0.667. The van der Waals surface area contributed by atoms with Crippen LogP contribution < -0.4 is 0 Å². The van der Waals surface area contributed by atoms with Crippen LogP contribution in [0, 0.1) is 5.41 Å². The number of piperidine rings is 1. The molecule has 2 rings (SSSR count). The minimum Gasteiger partial charge on any atom is -0.396 e. The highest BCUT2D eigenvalue weighted by molar-refractivity contribution is 7.98. The summed E-state index contributed by atoms with van der Waals surface area (Å²) >= 11 is 1.80. The van der Waals surface area contributed by atoms with Gasteiger partial charge in [0.25, 0.3) is 0 Å². The summed E-state index contributed by atoms with van der Waals surface area (Å²) in [6.45, 7) is 3.78. The summed E-state index contributed by atoms with van der Waals surface area (Å²) in [5.74, 6) is 1.04. The van der Waals surface area contributed by atoms with E-state index in [1.165, 1.54) is 6.07 Å². The Balaban J connectivity index is 2.11. The number of hydrogen-bond donors (Lipinski definition) is 1. The monoisotopic (exact) mass is 361 g/mol. The van der Waals surface area contributed by atoms with Crippen molar-refractivity contribution < 1.29 is 18.3 Å². The van der Waals surface area contributed by atoms with Crippen molar-refractivity contribution in [3.63, 3.8) is 0 Å². The Bertz CT molecular complexity index is 527. The smallest absolute Gasteiger partial charge is 0.396 e. The number of benzene rings is 1. The largest absolute Gasteiger partial charge is 0.416 e. The predicted molar refractivity (Wildman–Crippen MR) is 93.3 cm³/mol. The van der Waals surface area contributed by atoms with Gasteiger partial charge in [0.1, 0.15) is 0 Å². The van der Waals surface area contributed by atoms with E-state index in [2.05, 4.69) is 18.1 Å². The van der Waals surface area contributed by atoms with E-state index in [9.17, 15) is 18.3 Å². The van der Waals surface area contributed by atoms with E-state index in [4.69, 9.17) is 0 Å². The molecule has 1 saturated heterocycles. The van der Waals surface area contributed by atoms with Gasteiger partial charge in [-0.25, -0.2) is 0 Å². The molecule has 1 N–H and O–H groups in total. The summed E-state index contributed by atoms with van der Waals surface area (Å²) in [5.41, 5.74) is -0.725. The molecule has 0 radical (unpaired) electrons. The van der Waals surface area contributed by atoms with Gasteiger partial charge in [-0.1, -0.05) is 18.2 Å². The molecular formula is C18H26F3NOS. The topological polar surface area (TPSA) is 23.5 Å². The van der Waals surface area contributed by atoms with Crippen molar-refractivity contribution in [1.29, 1.82) is 0 Å². The van der Waals surface area contributed by atoms with Crippen molar-refractivity contribution in [3.05, 3.63) is 35.4 Å². The molecule has 1 fully saturated rings. The lowest BCUT2D eigenvalue weighted by molar-refractivity contribution is -0.138. The van der Waals surface area contributed by atoms with Crippen LogP contribution in [0.3, 0.4) is 0 Å². The number of nitrogens with zero attached hydrogens (tertiary/aromatic N) is 1. The van der Waals surface area contributed by atoms with Gasteiger partial charge in [-0.05, 0) is 62.6 Å². The first-order chi connectivity index (χ1) is 11.3. The Morgan fingerprint density at radius 3 is 2.42 bits per heavy atom. The van der Waals surface area contributed by atoms with Gasteiger partial charge in [-0.3, -0.25) is 4.90 Å². The molecule has 1 aliphatic rings. The quantitative estimate of drug-likeness (QED) is 0.826.